The van der Waals surface area contributed by atoms with Gasteiger partial charge in [-0.15, -0.1) is 0 Å². The molecule has 0 aliphatic heterocycles. The smallest absolute Gasteiger partial charge is 0.328 e. The lowest BCUT2D eigenvalue weighted by Crippen LogP contribution is -2.20. The van der Waals surface area contributed by atoms with Crippen molar-refractivity contribution in [1.82, 2.24) is 0 Å². The molecule has 2 saturated carbocycles. The van der Waals surface area contributed by atoms with Gasteiger partial charge in [-0.05, 0) is 104 Å². The molecule has 0 amide bonds. The van der Waals surface area contributed by atoms with Crippen LogP contribution in [-0.4, -0.2) is 31.9 Å². The summed E-state index contributed by atoms with van der Waals surface area (Å²) in [5.41, 5.74) is 1.79. The van der Waals surface area contributed by atoms with Gasteiger partial charge in [-0.2, -0.15) is 0 Å². The van der Waals surface area contributed by atoms with Crippen LogP contribution in [0.2, 0.25) is 0 Å². The number of hydrogen-bond donors (Lipinski definition) is 1. The van der Waals surface area contributed by atoms with E-state index in [9.17, 15) is 13.8 Å². The number of ether oxygens (including phenoxy) is 2. The highest BCUT2D eigenvalue weighted by Gasteiger charge is 2.37. The van der Waals surface area contributed by atoms with E-state index in [1.165, 1.54) is 13.2 Å². The average Bonchev–Trinajstić information content (AvgIpc) is 3.68. The molecule has 4 rings (SSSR count). The minimum Gasteiger partial charge on any atom is -0.497 e. The highest BCUT2D eigenvalue weighted by Crippen LogP contribution is 2.52. The Hall–Kier alpha value is -1.88. The third-order valence-corrected chi connectivity index (χ3v) is 8.59. The predicted octanol–water partition coefficient (Wildman–Crippen LogP) is 6.51. The van der Waals surface area contributed by atoms with Crippen LogP contribution in [0.4, 0.5) is 4.39 Å². The summed E-state index contributed by atoms with van der Waals surface area (Å²) in [7, 11) is -0.679. The highest BCUT2D eigenvalue weighted by atomic mass is 31.2. The maximum atomic E-state index is 14.3. The van der Waals surface area contributed by atoms with Crippen LogP contribution < -0.4 is 9.47 Å². The average molecular weight is 477 g/mol. The van der Waals surface area contributed by atoms with E-state index < -0.39 is 7.60 Å². The minimum absolute atomic E-state index is 0.0116. The van der Waals surface area contributed by atoms with Crippen LogP contribution in [0.1, 0.15) is 61.5 Å². The first-order valence-corrected chi connectivity index (χ1v) is 13.6. The quantitative estimate of drug-likeness (QED) is 0.396. The molecule has 1 N–H and O–H groups in total. The van der Waals surface area contributed by atoms with Gasteiger partial charge in [-0.3, -0.25) is 4.57 Å². The van der Waals surface area contributed by atoms with Crippen LogP contribution >= 0.6 is 7.60 Å². The van der Waals surface area contributed by atoms with Crippen molar-refractivity contribution in [1.29, 1.82) is 0 Å². The molecule has 2 unspecified atom stereocenters. The summed E-state index contributed by atoms with van der Waals surface area (Å²) in [6.07, 6.45) is 6.16. The lowest BCUT2D eigenvalue weighted by molar-refractivity contribution is 0.199. The molecule has 0 heterocycles. The Bertz CT molecular complexity index is 984. The largest absolute Gasteiger partial charge is 0.497 e. The van der Waals surface area contributed by atoms with Gasteiger partial charge in [-0.1, -0.05) is 12.1 Å². The van der Waals surface area contributed by atoms with E-state index in [1.54, 1.807) is 13.2 Å². The van der Waals surface area contributed by atoms with Gasteiger partial charge in [-0.25, -0.2) is 4.39 Å². The van der Waals surface area contributed by atoms with Gasteiger partial charge in [0.1, 0.15) is 17.3 Å². The van der Waals surface area contributed by atoms with Crippen LogP contribution in [0.25, 0.3) is 0 Å². The standard InChI is InChI=1S/C26H34FO5P/c1-30-22-12-13-26(27)24(15-22)19-8-6-18(7-9-19)16-32-23-5-3-4-21(14-23)25(20-10-11-20)17-33(28,29)31-2/h3-5,12-15,18-20,25H,6-11,16-17H2,1-2H3,(H,28,29). The summed E-state index contributed by atoms with van der Waals surface area (Å²) >= 11 is 0. The van der Waals surface area contributed by atoms with Gasteiger partial charge in [0, 0.05) is 7.11 Å². The van der Waals surface area contributed by atoms with Crippen LogP contribution in [-0.2, 0) is 9.09 Å². The molecule has 2 fully saturated rings. The Balaban J connectivity index is 1.33. The van der Waals surface area contributed by atoms with E-state index in [-0.39, 0.29) is 23.8 Å². The monoisotopic (exact) mass is 476 g/mol. The summed E-state index contributed by atoms with van der Waals surface area (Å²) in [5.74, 6) is 2.44. The van der Waals surface area contributed by atoms with Crippen LogP contribution in [0.3, 0.4) is 0 Å². The molecular formula is C26H34FO5P. The molecule has 5 nitrogen and oxygen atoms in total. The Morgan fingerprint density at radius 2 is 1.79 bits per heavy atom. The molecular weight excluding hydrogens is 442 g/mol. The molecule has 2 aliphatic carbocycles. The SMILES string of the molecule is COc1ccc(F)c(C2CCC(COc3cccc(C(CP(=O)(O)OC)C4CC4)c3)CC2)c1. The topological polar surface area (TPSA) is 65.0 Å². The van der Waals surface area contributed by atoms with Gasteiger partial charge in [0.2, 0.25) is 0 Å². The van der Waals surface area contributed by atoms with Crippen molar-refractivity contribution in [2.24, 2.45) is 11.8 Å². The number of halogens is 1. The highest BCUT2D eigenvalue weighted by molar-refractivity contribution is 7.52. The summed E-state index contributed by atoms with van der Waals surface area (Å²) < 4.78 is 42.7. The first-order chi connectivity index (χ1) is 15.9. The van der Waals surface area contributed by atoms with Crippen molar-refractivity contribution < 1.29 is 27.8 Å². The summed E-state index contributed by atoms with van der Waals surface area (Å²) in [6, 6.07) is 12.9. The zero-order valence-electron chi connectivity index (χ0n) is 19.4. The predicted molar refractivity (Wildman–Crippen MR) is 127 cm³/mol. The van der Waals surface area contributed by atoms with Crippen molar-refractivity contribution in [3.63, 3.8) is 0 Å². The second kappa shape index (κ2) is 10.6. The number of methoxy groups -OCH3 is 1. The number of benzene rings is 2. The second-order valence-corrected chi connectivity index (χ2v) is 11.4. The van der Waals surface area contributed by atoms with Crippen molar-refractivity contribution in [2.45, 2.75) is 50.4 Å². The molecule has 0 aromatic heterocycles. The van der Waals surface area contributed by atoms with Crippen molar-refractivity contribution >= 4 is 7.60 Å². The lowest BCUT2D eigenvalue weighted by Gasteiger charge is -2.29. The van der Waals surface area contributed by atoms with Gasteiger partial charge < -0.3 is 18.9 Å². The van der Waals surface area contributed by atoms with E-state index in [0.717, 1.165) is 55.4 Å². The maximum Gasteiger partial charge on any atom is 0.328 e. The molecule has 2 atom stereocenters. The molecule has 2 aromatic rings. The van der Waals surface area contributed by atoms with Crippen LogP contribution in [0.5, 0.6) is 11.5 Å². The molecule has 2 aliphatic rings. The summed E-state index contributed by atoms with van der Waals surface area (Å²) in [5, 5.41) is 0. The van der Waals surface area contributed by atoms with Crippen LogP contribution in [0.15, 0.2) is 42.5 Å². The Kier molecular flexibility index (Phi) is 7.78. The van der Waals surface area contributed by atoms with Gasteiger partial charge >= 0.3 is 7.60 Å². The first kappa shape index (κ1) is 24.3. The van der Waals surface area contributed by atoms with E-state index in [0.29, 0.717) is 24.2 Å². The lowest BCUT2D eigenvalue weighted by atomic mass is 9.79. The number of rotatable bonds is 10. The van der Waals surface area contributed by atoms with Gasteiger partial charge in [0.05, 0.1) is 19.9 Å². The minimum atomic E-state index is -3.58. The van der Waals surface area contributed by atoms with Crippen molar-refractivity contribution in [2.75, 3.05) is 27.0 Å². The first-order valence-electron chi connectivity index (χ1n) is 11.8. The molecule has 33 heavy (non-hydrogen) atoms. The fourth-order valence-electron chi connectivity index (χ4n) is 5.00. The van der Waals surface area contributed by atoms with E-state index in [1.807, 2.05) is 30.3 Å². The Morgan fingerprint density at radius 3 is 2.45 bits per heavy atom. The van der Waals surface area contributed by atoms with E-state index in [4.69, 9.17) is 14.0 Å². The summed E-state index contributed by atoms with van der Waals surface area (Å²) in [4.78, 5) is 10.00. The number of hydrogen-bond acceptors (Lipinski definition) is 4. The normalized spacial score (nSPS) is 23.5. The van der Waals surface area contributed by atoms with E-state index >= 15 is 0 Å². The zero-order valence-corrected chi connectivity index (χ0v) is 20.3. The maximum absolute atomic E-state index is 14.3. The molecule has 0 saturated heterocycles. The zero-order chi connectivity index (χ0) is 23.4. The summed E-state index contributed by atoms with van der Waals surface area (Å²) in [6.45, 7) is 0.626. The molecule has 2 aromatic carbocycles. The molecule has 0 radical (unpaired) electrons. The van der Waals surface area contributed by atoms with Crippen molar-refractivity contribution in [3.8, 4) is 11.5 Å². The van der Waals surface area contributed by atoms with Gasteiger partial charge in [0.25, 0.3) is 0 Å². The second-order valence-electron chi connectivity index (χ2n) is 9.44. The molecule has 7 heteroatoms. The molecule has 0 spiro atoms. The van der Waals surface area contributed by atoms with Crippen molar-refractivity contribution in [3.05, 3.63) is 59.4 Å². The molecule has 180 valence electrons. The third kappa shape index (κ3) is 6.38. The molecule has 0 bridgehead atoms. The van der Waals surface area contributed by atoms with Crippen LogP contribution in [0, 0.1) is 17.7 Å². The fourth-order valence-corrected chi connectivity index (χ4v) is 6.15. The fraction of sp³-hybridized carbons (Fsp3) is 0.538. The van der Waals surface area contributed by atoms with Gasteiger partial charge in [0.15, 0.2) is 0 Å². The van der Waals surface area contributed by atoms with E-state index in [2.05, 4.69) is 0 Å². The third-order valence-electron chi connectivity index (χ3n) is 7.17. The Morgan fingerprint density at radius 1 is 1.03 bits per heavy atom. The Labute approximate surface area is 195 Å².